The number of hydrogen-bond acceptors (Lipinski definition) is 3. The van der Waals surface area contributed by atoms with Gasteiger partial charge in [-0.2, -0.15) is 0 Å². The van der Waals surface area contributed by atoms with Gasteiger partial charge in [0.15, 0.2) is 0 Å². The van der Waals surface area contributed by atoms with Gasteiger partial charge in [-0.3, -0.25) is 4.79 Å². The Hall–Kier alpha value is -2.33. The Balaban J connectivity index is 1.81. The zero-order valence-corrected chi connectivity index (χ0v) is 13.9. The second-order valence-electron chi connectivity index (χ2n) is 5.75. The molecular weight excluding hydrogens is 306 g/mol. The van der Waals surface area contributed by atoms with Crippen molar-refractivity contribution >= 4 is 29.0 Å². The first-order valence-electron chi connectivity index (χ1n) is 7.71. The first-order valence-corrected chi connectivity index (χ1v) is 8.59. The lowest BCUT2D eigenvalue weighted by atomic mass is 9.92. The van der Waals surface area contributed by atoms with Gasteiger partial charge in [0.2, 0.25) is 5.60 Å². The summed E-state index contributed by atoms with van der Waals surface area (Å²) in [5.41, 5.74) is 2.01. The largest absolute Gasteiger partial charge is 0.468 e. The van der Waals surface area contributed by atoms with E-state index in [1.165, 1.54) is 0 Å². The molecule has 0 saturated carbocycles. The Morgan fingerprint density at radius 3 is 2.91 bits per heavy atom. The van der Waals surface area contributed by atoms with Gasteiger partial charge in [-0.1, -0.05) is 18.2 Å². The number of carbonyl (C=O) groups is 1. The molecule has 116 valence electrons. The van der Waals surface area contributed by atoms with E-state index in [-0.39, 0.29) is 5.91 Å². The predicted molar refractivity (Wildman–Crippen MR) is 93.4 cm³/mol. The normalized spacial score (nSPS) is 23.8. The van der Waals surface area contributed by atoms with Crippen LogP contribution in [-0.4, -0.2) is 12.5 Å². The van der Waals surface area contributed by atoms with Crippen molar-refractivity contribution < 1.29 is 9.53 Å². The summed E-state index contributed by atoms with van der Waals surface area (Å²) >= 11 is 1.65. The van der Waals surface area contributed by atoms with E-state index < -0.39 is 5.60 Å². The Labute approximate surface area is 139 Å². The summed E-state index contributed by atoms with van der Waals surface area (Å²) in [6.07, 6.45) is 5.79. The number of rotatable bonds is 2. The number of nitrogens with zero attached hydrogens (tertiary/aromatic N) is 1. The molecule has 1 spiro atoms. The van der Waals surface area contributed by atoms with Crippen LogP contribution in [0.5, 0.6) is 0 Å². The summed E-state index contributed by atoms with van der Waals surface area (Å²) in [7, 11) is 0. The summed E-state index contributed by atoms with van der Waals surface area (Å²) in [4.78, 5) is 16.0. The number of carbonyl (C=O) groups excluding carboxylic acids is 1. The fourth-order valence-electron chi connectivity index (χ4n) is 3.39. The van der Waals surface area contributed by atoms with Gasteiger partial charge in [0.05, 0.1) is 5.69 Å². The molecule has 4 heteroatoms. The number of likely N-dealkylation sites (N-methyl/N-ethyl adjacent to an activating group) is 1. The Morgan fingerprint density at radius 1 is 1.30 bits per heavy atom. The van der Waals surface area contributed by atoms with Gasteiger partial charge in [-0.05, 0) is 55.2 Å². The van der Waals surface area contributed by atoms with Crippen LogP contribution in [0.4, 0.5) is 5.69 Å². The van der Waals surface area contributed by atoms with Crippen molar-refractivity contribution in [3.63, 3.8) is 0 Å². The molecule has 0 aliphatic carbocycles. The third-order valence-corrected chi connectivity index (χ3v) is 5.20. The minimum absolute atomic E-state index is 0.00451. The molecule has 0 fully saturated rings. The van der Waals surface area contributed by atoms with Crippen LogP contribution in [0.25, 0.3) is 6.08 Å². The number of thiophene rings is 1. The van der Waals surface area contributed by atoms with Crippen molar-refractivity contribution in [3.05, 3.63) is 69.6 Å². The van der Waals surface area contributed by atoms with Gasteiger partial charge in [0.1, 0.15) is 5.76 Å². The Morgan fingerprint density at radius 2 is 2.17 bits per heavy atom. The number of aryl methyl sites for hydroxylation is 1. The van der Waals surface area contributed by atoms with Crippen LogP contribution in [0.3, 0.4) is 0 Å². The van der Waals surface area contributed by atoms with Crippen LogP contribution in [0.15, 0.2) is 53.6 Å². The molecule has 0 bridgehead atoms. The van der Waals surface area contributed by atoms with Gasteiger partial charge >= 0.3 is 0 Å². The highest BCUT2D eigenvalue weighted by Crippen LogP contribution is 2.49. The fraction of sp³-hybridized carbons (Fsp3) is 0.211. The molecule has 2 aliphatic heterocycles. The SMILES string of the molecule is CCN1C(=O)C2(C=C/C(=C/c3cccs3)O2)c2c(C)cccc21. The van der Waals surface area contributed by atoms with Crippen molar-refractivity contribution in [3.8, 4) is 0 Å². The maximum absolute atomic E-state index is 13.0. The summed E-state index contributed by atoms with van der Waals surface area (Å²) in [5, 5.41) is 2.03. The zero-order chi connectivity index (χ0) is 16.0. The Kier molecular flexibility index (Phi) is 3.16. The predicted octanol–water partition coefficient (Wildman–Crippen LogP) is 4.25. The van der Waals surface area contributed by atoms with Crippen LogP contribution in [0.1, 0.15) is 22.9 Å². The molecule has 1 amide bonds. The molecule has 4 rings (SSSR count). The monoisotopic (exact) mass is 323 g/mol. The molecule has 0 saturated heterocycles. The van der Waals surface area contributed by atoms with Crippen molar-refractivity contribution in [2.75, 3.05) is 11.4 Å². The maximum atomic E-state index is 13.0. The lowest BCUT2D eigenvalue weighted by Gasteiger charge is -2.23. The number of benzene rings is 1. The van der Waals surface area contributed by atoms with Crippen molar-refractivity contribution in [1.82, 2.24) is 0 Å². The molecule has 2 aromatic rings. The molecular formula is C19H17NO2S. The van der Waals surface area contributed by atoms with Gasteiger partial charge in [0, 0.05) is 17.0 Å². The Bertz CT molecular complexity index is 835. The molecule has 3 heterocycles. The third kappa shape index (κ3) is 1.98. The fourth-order valence-corrected chi connectivity index (χ4v) is 4.04. The molecule has 1 aromatic carbocycles. The number of fused-ring (bicyclic) bond motifs is 2. The van der Waals surface area contributed by atoms with Crippen LogP contribution < -0.4 is 4.90 Å². The maximum Gasteiger partial charge on any atom is 0.280 e. The standard InChI is InChI=1S/C19H17NO2S/c1-3-20-16-8-4-6-13(2)17(16)19(18(20)21)10-9-14(22-19)12-15-7-5-11-23-15/h4-12H,3H2,1-2H3/b14-12-. The quantitative estimate of drug-likeness (QED) is 0.827. The van der Waals surface area contributed by atoms with E-state index in [2.05, 4.69) is 0 Å². The third-order valence-electron chi connectivity index (χ3n) is 4.38. The van der Waals surface area contributed by atoms with E-state index in [4.69, 9.17) is 4.74 Å². The number of anilines is 1. The van der Waals surface area contributed by atoms with E-state index in [1.54, 1.807) is 16.2 Å². The average Bonchev–Trinajstić information content (AvgIpc) is 3.23. The highest BCUT2D eigenvalue weighted by Gasteiger charge is 2.54. The van der Waals surface area contributed by atoms with E-state index >= 15 is 0 Å². The number of ether oxygens (including phenoxy) is 1. The van der Waals surface area contributed by atoms with Crippen molar-refractivity contribution in [2.24, 2.45) is 0 Å². The summed E-state index contributed by atoms with van der Waals surface area (Å²) in [5.74, 6) is 0.725. The molecule has 2 aliphatic rings. The summed E-state index contributed by atoms with van der Waals surface area (Å²) in [6.45, 7) is 4.66. The second kappa shape index (κ2) is 5.10. The molecule has 0 N–H and O–H groups in total. The molecule has 3 nitrogen and oxygen atoms in total. The smallest absolute Gasteiger partial charge is 0.280 e. The molecule has 23 heavy (non-hydrogen) atoms. The molecule has 1 unspecified atom stereocenters. The zero-order valence-electron chi connectivity index (χ0n) is 13.1. The minimum atomic E-state index is -1.00. The van der Waals surface area contributed by atoms with Crippen molar-refractivity contribution in [2.45, 2.75) is 19.4 Å². The van der Waals surface area contributed by atoms with Crippen LogP contribution in [0.2, 0.25) is 0 Å². The van der Waals surface area contributed by atoms with Gasteiger partial charge in [0.25, 0.3) is 5.91 Å². The van der Waals surface area contributed by atoms with Gasteiger partial charge in [-0.25, -0.2) is 0 Å². The van der Waals surface area contributed by atoms with Gasteiger partial charge in [-0.15, -0.1) is 11.3 Å². The molecule has 1 aromatic heterocycles. The topological polar surface area (TPSA) is 29.5 Å². The number of allylic oxidation sites excluding steroid dienone is 1. The summed E-state index contributed by atoms with van der Waals surface area (Å²) < 4.78 is 6.20. The molecule has 1 atom stereocenters. The lowest BCUT2D eigenvalue weighted by Crippen LogP contribution is -2.39. The highest BCUT2D eigenvalue weighted by atomic mass is 32.1. The highest BCUT2D eigenvalue weighted by molar-refractivity contribution is 7.10. The van der Waals surface area contributed by atoms with E-state index in [9.17, 15) is 4.79 Å². The minimum Gasteiger partial charge on any atom is -0.468 e. The molecule has 0 radical (unpaired) electrons. The number of hydrogen-bond donors (Lipinski definition) is 0. The van der Waals surface area contributed by atoms with Crippen LogP contribution in [-0.2, 0) is 15.1 Å². The first-order chi connectivity index (χ1) is 11.2. The van der Waals surface area contributed by atoms with Gasteiger partial charge < -0.3 is 9.64 Å². The first kappa shape index (κ1) is 14.3. The number of amides is 1. The second-order valence-corrected chi connectivity index (χ2v) is 6.73. The van der Waals surface area contributed by atoms with Crippen LogP contribution in [0, 0.1) is 6.92 Å². The van der Waals surface area contributed by atoms with E-state index in [1.807, 2.05) is 67.8 Å². The van der Waals surface area contributed by atoms with E-state index in [0.717, 1.165) is 27.5 Å². The summed E-state index contributed by atoms with van der Waals surface area (Å²) in [6, 6.07) is 10.1. The van der Waals surface area contributed by atoms with E-state index in [0.29, 0.717) is 6.54 Å². The van der Waals surface area contributed by atoms with Crippen molar-refractivity contribution in [1.29, 1.82) is 0 Å². The van der Waals surface area contributed by atoms with Crippen LogP contribution >= 0.6 is 11.3 Å². The lowest BCUT2D eigenvalue weighted by molar-refractivity contribution is -0.131. The average molecular weight is 323 g/mol.